The molecule has 3 nitrogen and oxygen atoms in total. The lowest BCUT2D eigenvalue weighted by Gasteiger charge is -2.30. The average molecular weight is 307 g/mol. The maximum atomic E-state index is 13.3. The highest BCUT2D eigenvalue weighted by atomic mass is 79.9. The van der Waals surface area contributed by atoms with Crippen LogP contribution in [-0.2, 0) is 15.9 Å². The van der Waals surface area contributed by atoms with E-state index in [0.717, 1.165) is 0 Å². The summed E-state index contributed by atoms with van der Waals surface area (Å²) in [5.41, 5.74) is -0.575. The first kappa shape index (κ1) is 14.6. The van der Waals surface area contributed by atoms with Crippen LogP contribution in [0.25, 0.3) is 0 Å². The molecule has 0 aliphatic heterocycles. The lowest BCUT2D eigenvalue weighted by molar-refractivity contribution is -0.207. The van der Waals surface area contributed by atoms with E-state index in [4.69, 9.17) is 9.47 Å². The van der Waals surface area contributed by atoms with Crippen LogP contribution < -0.4 is 0 Å². The second-order valence-electron chi connectivity index (χ2n) is 4.05. The first-order valence-electron chi connectivity index (χ1n) is 5.13. The summed E-state index contributed by atoms with van der Waals surface area (Å²) in [7, 11) is 2.90. The minimum absolute atomic E-state index is 0.220. The number of aliphatic hydroxyl groups is 1. The molecule has 1 atom stereocenters. The van der Waals surface area contributed by atoms with Crippen LogP contribution in [0.15, 0.2) is 22.7 Å². The summed E-state index contributed by atoms with van der Waals surface area (Å²) in [4.78, 5) is 0. The van der Waals surface area contributed by atoms with Crippen molar-refractivity contribution < 1.29 is 19.0 Å². The van der Waals surface area contributed by atoms with Gasteiger partial charge in [0.05, 0.1) is 4.47 Å². The number of methoxy groups -OCH3 is 2. The van der Waals surface area contributed by atoms with Crippen LogP contribution in [0.4, 0.5) is 4.39 Å². The molecule has 0 aliphatic rings. The molecule has 1 aromatic carbocycles. The summed E-state index contributed by atoms with van der Waals surface area (Å²) in [6, 6.07) is 4.69. The normalized spacial score (nSPS) is 15.0. The maximum Gasteiger partial charge on any atom is 0.185 e. The van der Waals surface area contributed by atoms with Crippen LogP contribution in [0.1, 0.15) is 12.5 Å². The number of halogens is 2. The lowest BCUT2D eigenvalue weighted by atomic mass is 9.96. The molecule has 0 bridgehead atoms. The summed E-state index contributed by atoms with van der Waals surface area (Å²) in [6.07, 6.45) is -0.546. The van der Waals surface area contributed by atoms with Gasteiger partial charge < -0.3 is 14.6 Å². The van der Waals surface area contributed by atoms with Crippen LogP contribution in [0.5, 0.6) is 0 Å². The average Bonchev–Trinajstić information content (AvgIpc) is 2.26. The highest BCUT2D eigenvalue weighted by Gasteiger charge is 2.33. The molecule has 1 rings (SSSR count). The molecule has 0 saturated carbocycles. The fourth-order valence-electron chi connectivity index (χ4n) is 1.76. The van der Waals surface area contributed by atoms with E-state index in [0.29, 0.717) is 10.0 Å². The van der Waals surface area contributed by atoms with Crippen molar-refractivity contribution >= 4 is 15.9 Å². The minimum atomic E-state index is -1.24. The molecule has 0 aromatic heterocycles. The van der Waals surface area contributed by atoms with Crippen molar-refractivity contribution in [2.75, 3.05) is 14.2 Å². The van der Waals surface area contributed by atoms with E-state index < -0.39 is 11.9 Å². The standard InChI is InChI=1S/C12H16BrFO3/c1-12(15,11(16-2)17-3)7-8-5-4-6-9(14)10(8)13/h4-6,11,15H,7H2,1-3H3. The van der Waals surface area contributed by atoms with E-state index in [1.165, 1.54) is 20.3 Å². The van der Waals surface area contributed by atoms with Crippen molar-refractivity contribution in [3.8, 4) is 0 Å². The number of benzene rings is 1. The molecule has 0 fully saturated rings. The van der Waals surface area contributed by atoms with Gasteiger partial charge in [-0.1, -0.05) is 12.1 Å². The Bertz CT molecular complexity index is 378. The smallest absolute Gasteiger partial charge is 0.185 e. The molecule has 1 aromatic rings. The largest absolute Gasteiger partial charge is 0.385 e. The van der Waals surface area contributed by atoms with Gasteiger partial charge in [-0.3, -0.25) is 0 Å². The Hall–Kier alpha value is -0.490. The zero-order valence-electron chi connectivity index (χ0n) is 10.0. The van der Waals surface area contributed by atoms with Crippen LogP contribution >= 0.6 is 15.9 Å². The van der Waals surface area contributed by atoms with Gasteiger partial charge in [0.25, 0.3) is 0 Å². The number of rotatable bonds is 5. The summed E-state index contributed by atoms with van der Waals surface area (Å²) < 4.78 is 23.7. The Morgan fingerprint density at radius 1 is 1.41 bits per heavy atom. The first-order valence-corrected chi connectivity index (χ1v) is 5.92. The number of hydrogen-bond acceptors (Lipinski definition) is 3. The fraction of sp³-hybridized carbons (Fsp3) is 0.500. The van der Waals surface area contributed by atoms with Gasteiger partial charge in [-0.25, -0.2) is 4.39 Å². The molecule has 17 heavy (non-hydrogen) atoms. The zero-order chi connectivity index (χ0) is 13.1. The number of ether oxygens (including phenoxy) is 2. The molecule has 0 aliphatic carbocycles. The van der Waals surface area contributed by atoms with Crippen molar-refractivity contribution in [2.24, 2.45) is 0 Å². The van der Waals surface area contributed by atoms with E-state index >= 15 is 0 Å². The van der Waals surface area contributed by atoms with Crippen LogP contribution in [0.2, 0.25) is 0 Å². The Kier molecular flexibility index (Phi) is 5.06. The second-order valence-corrected chi connectivity index (χ2v) is 4.84. The van der Waals surface area contributed by atoms with Crippen molar-refractivity contribution in [3.63, 3.8) is 0 Å². The van der Waals surface area contributed by atoms with Crippen molar-refractivity contribution in [1.82, 2.24) is 0 Å². The van der Waals surface area contributed by atoms with Crippen LogP contribution in [0.3, 0.4) is 0 Å². The molecule has 0 radical (unpaired) electrons. The quantitative estimate of drug-likeness (QED) is 0.850. The van der Waals surface area contributed by atoms with Crippen LogP contribution in [0, 0.1) is 5.82 Å². The maximum absolute atomic E-state index is 13.3. The predicted molar refractivity (Wildman–Crippen MR) is 66.2 cm³/mol. The third-order valence-electron chi connectivity index (χ3n) is 2.52. The van der Waals surface area contributed by atoms with Gasteiger partial charge >= 0.3 is 0 Å². The Morgan fingerprint density at radius 3 is 2.53 bits per heavy atom. The van der Waals surface area contributed by atoms with Gasteiger partial charge in [-0.2, -0.15) is 0 Å². The van der Waals surface area contributed by atoms with E-state index in [-0.39, 0.29) is 12.2 Å². The first-order chi connectivity index (χ1) is 7.92. The second kappa shape index (κ2) is 5.91. The van der Waals surface area contributed by atoms with E-state index in [1.807, 2.05) is 0 Å². The van der Waals surface area contributed by atoms with E-state index in [1.54, 1.807) is 19.1 Å². The van der Waals surface area contributed by atoms with Gasteiger partial charge in [0.1, 0.15) is 11.4 Å². The van der Waals surface area contributed by atoms with Gasteiger partial charge in [0.15, 0.2) is 6.29 Å². The predicted octanol–water partition coefficient (Wildman–Crippen LogP) is 2.50. The molecule has 0 saturated heterocycles. The SMILES string of the molecule is COC(OC)C(C)(O)Cc1cccc(F)c1Br. The Balaban J connectivity index is 2.93. The van der Waals surface area contributed by atoms with Gasteiger partial charge in [-0.05, 0) is 34.5 Å². The van der Waals surface area contributed by atoms with Gasteiger partial charge in [-0.15, -0.1) is 0 Å². The molecule has 5 heteroatoms. The third kappa shape index (κ3) is 3.48. The minimum Gasteiger partial charge on any atom is -0.385 e. The third-order valence-corrected chi connectivity index (χ3v) is 3.40. The molecular formula is C12H16BrFO3. The van der Waals surface area contributed by atoms with Crippen molar-refractivity contribution in [1.29, 1.82) is 0 Å². The van der Waals surface area contributed by atoms with E-state index in [9.17, 15) is 9.50 Å². The molecule has 96 valence electrons. The molecule has 0 heterocycles. The number of hydrogen-bond donors (Lipinski definition) is 1. The molecule has 1 unspecified atom stereocenters. The summed E-state index contributed by atoms with van der Waals surface area (Å²) in [6.45, 7) is 1.59. The highest BCUT2D eigenvalue weighted by Crippen LogP contribution is 2.26. The van der Waals surface area contributed by atoms with Gasteiger partial charge in [0, 0.05) is 20.6 Å². The summed E-state index contributed by atoms with van der Waals surface area (Å²) in [5, 5.41) is 10.2. The Morgan fingerprint density at radius 2 is 2.00 bits per heavy atom. The Labute approximate surface area is 109 Å². The van der Waals surface area contributed by atoms with Crippen molar-refractivity contribution in [2.45, 2.75) is 25.2 Å². The van der Waals surface area contributed by atoms with Crippen LogP contribution in [-0.4, -0.2) is 31.2 Å². The van der Waals surface area contributed by atoms with Crippen molar-refractivity contribution in [3.05, 3.63) is 34.1 Å². The summed E-state index contributed by atoms with van der Waals surface area (Å²) >= 11 is 3.16. The lowest BCUT2D eigenvalue weighted by Crippen LogP contribution is -2.43. The monoisotopic (exact) mass is 306 g/mol. The highest BCUT2D eigenvalue weighted by molar-refractivity contribution is 9.10. The zero-order valence-corrected chi connectivity index (χ0v) is 11.6. The molecule has 0 amide bonds. The van der Waals surface area contributed by atoms with E-state index in [2.05, 4.69) is 15.9 Å². The molecule has 0 spiro atoms. The van der Waals surface area contributed by atoms with Gasteiger partial charge in [0.2, 0.25) is 0 Å². The molecular weight excluding hydrogens is 291 g/mol. The fourth-order valence-corrected chi connectivity index (χ4v) is 2.16. The topological polar surface area (TPSA) is 38.7 Å². The molecule has 1 N–H and O–H groups in total. The summed E-state index contributed by atoms with van der Waals surface area (Å²) in [5.74, 6) is -0.357.